The second-order valence-electron chi connectivity index (χ2n) is 7.55. The van der Waals surface area contributed by atoms with Crippen molar-refractivity contribution in [3.63, 3.8) is 0 Å². The SMILES string of the molecule is CC(C)(C)c1ccc(OCCCC(=O)Nc2ccc(OCC(N)=O)cc2)cc1. The van der Waals surface area contributed by atoms with E-state index in [1.165, 1.54) is 5.56 Å². The number of benzene rings is 2. The minimum absolute atomic E-state index is 0.0857. The van der Waals surface area contributed by atoms with Crippen LogP contribution in [0.25, 0.3) is 0 Å². The van der Waals surface area contributed by atoms with Crippen molar-refractivity contribution < 1.29 is 19.1 Å². The van der Waals surface area contributed by atoms with Gasteiger partial charge in [0.2, 0.25) is 5.91 Å². The monoisotopic (exact) mass is 384 g/mol. The normalized spacial score (nSPS) is 11.0. The minimum Gasteiger partial charge on any atom is -0.494 e. The van der Waals surface area contributed by atoms with Crippen molar-refractivity contribution in [2.24, 2.45) is 5.73 Å². The van der Waals surface area contributed by atoms with Crippen LogP contribution in [-0.2, 0) is 15.0 Å². The second kappa shape index (κ2) is 9.78. The van der Waals surface area contributed by atoms with Gasteiger partial charge in [-0.1, -0.05) is 32.9 Å². The number of nitrogens with one attached hydrogen (secondary N) is 1. The van der Waals surface area contributed by atoms with Gasteiger partial charge >= 0.3 is 0 Å². The molecule has 0 radical (unpaired) electrons. The molecule has 2 aromatic carbocycles. The first-order valence-corrected chi connectivity index (χ1v) is 9.28. The molecule has 0 aliphatic heterocycles. The second-order valence-corrected chi connectivity index (χ2v) is 7.55. The molecule has 0 aliphatic rings. The van der Waals surface area contributed by atoms with E-state index in [2.05, 4.69) is 38.2 Å². The quantitative estimate of drug-likeness (QED) is 0.646. The predicted molar refractivity (Wildman–Crippen MR) is 110 cm³/mol. The van der Waals surface area contributed by atoms with Crippen molar-refractivity contribution in [3.05, 3.63) is 54.1 Å². The Balaban J connectivity index is 1.69. The molecule has 0 saturated carbocycles. The van der Waals surface area contributed by atoms with Crippen molar-refractivity contribution in [3.8, 4) is 11.5 Å². The van der Waals surface area contributed by atoms with E-state index < -0.39 is 5.91 Å². The van der Waals surface area contributed by atoms with E-state index in [-0.39, 0.29) is 17.9 Å². The van der Waals surface area contributed by atoms with E-state index >= 15 is 0 Å². The molecule has 0 heterocycles. The van der Waals surface area contributed by atoms with Gasteiger partial charge in [0.15, 0.2) is 6.61 Å². The van der Waals surface area contributed by atoms with Gasteiger partial charge in [0.1, 0.15) is 11.5 Å². The van der Waals surface area contributed by atoms with Gasteiger partial charge in [0, 0.05) is 12.1 Å². The van der Waals surface area contributed by atoms with Crippen LogP contribution in [0.15, 0.2) is 48.5 Å². The maximum atomic E-state index is 12.0. The molecule has 2 aromatic rings. The first-order chi connectivity index (χ1) is 13.2. The summed E-state index contributed by atoms with van der Waals surface area (Å²) < 4.78 is 10.9. The molecule has 6 nitrogen and oxygen atoms in total. The molecule has 0 atom stereocenters. The fourth-order valence-corrected chi connectivity index (χ4v) is 2.49. The fraction of sp³-hybridized carbons (Fsp3) is 0.364. The van der Waals surface area contributed by atoms with Crippen LogP contribution in [0.3, 0.4) is 0 Å². The number of rotatable bonds is 9. The molecule has 0 fully saturated rings. The number of anilines is 1. The average molecular weight is 384 g/mol. The molecule has 0 spiro atoms. The molecule has 0 aromatic heterocycles. The number of primary amides is 1. The van der Waals surface area contributed by atoms with Gasteiger partial charge in [-0.2, -0.15) is 0 Å². The Labute approximate surface area is 166 Å². The zero-order valence-electron chi connectivity index (χ0n) is 16.7. The van der Waals surface area contributed by atoms with Crippen molar-refractivity contribution >= 4 is 17.5 Å². The third-order valence-electron chi connectivity index (χ3n) is 4.06. The number of amides is 2. The Hall–Kier alpha value is -3.02. The van der Waals surface area contributed by atoms with Crippen LogP contribution < -0.4 is 20.5 Å². The lowest BCUT2D eigenvalue weighted by Gasteiger charge is -2.19. The Morgan fingerprint density at radius 2 is 1.50 bits per heavy atom. The number of carbonyl (C=O) groups excluding carboxylic acids is 2. The molecule has 0 bridgehead atoms. The summed E-state index contributed by atoms with van der Waals surface area (Å²) in [5, 5.41) is 2.82. The maximum absolute atomic E-state index is 12.0. The van der Waals surface area contributed by atoms with Gasteiger partial charge in [-0.3, -0.25) is 9.59 Å². The van der Waals surface area contributed by atoms with E-state index in [9.17, 15) is 9.59 Å². The highest BCUT2D eigenvalue weighted by Gasteiger charge is 2.13. The molecular formula is C22H28N2O4. The smallest absolute Gasteiger partial charge is 0.255 e. The highest BCUT2D eigenvalue weighted by atomic mass is 16.5. The molecule has 0 saturated heterocycles. The molecule has 0 unspecified atom stereocenters. The van der Waals surface area contributed by atoms with Crippen LogP contribution in [-0.4, -0.2) is 25.0 Å². The summed E-state index contributed by atoms with van der Waals surface area (Å²) in [7, 11) is 0. The van der Waals surface area contributed by atoms with Crippen LogP contribution >= 0.6 is 0 Å². The van der Waals surface area contributed by atoms with E-state index in [4.69, 9.17) is 15.2 Å². The zero-order chi connectivity index (χ0) is 20.6. The lowest BCUT2D eigenvalue weighted by molar-refractivity contribution is -0.120. The summed E-state index contributed by atoms with van der Waals surface area (Å²) in [6, 6.07) is 14.8. The van der Waals surface area contributed by atoms with Crippen LogP contribution in [0, 0.1) is 0 Å². The van der Waals surface area contributed by atoms with Crippen LogP contribution in [0.4, 0.5) is 5.69 Å². The fourth-order valence-electron chi connectivity index (χ4n) is 2.49. The van der Waals surface area contributed by atoms with E-state index in [0.717, 1.165) is 5.75 Å². The van der Waals surface area contributed by atoms with Gasteiger partial charge < -0.3 is 20.5 Å². The van der Waals surface area contributed by atoms with Gasteiger partial charge in [0.25, 0.3) is 5.91 Å². The molecule has 28 heavy (non-hydrogen) atoms. The number of carbonyl (C=O) groups is 2. The zero-order valence-corrected chi connectivity index (χ0v) is 16.7. The van der Waals surface area contributed by atoms with Gasteiger partial charge in [-0.05, 0) is 53.8 Å². The predicted octanol–water partition coefficient (Wildman–Crippen LogP) is 3.65. The number of ether oxygens (including phenoxy) is 2. The third kappa shape index (κ3) is 7.31. The molecular weight excluding hydrogens is 356 g/mol. The lowest BCUT2D eigenvalue weighted by Crippen LogP contribution is -2.20. The molecule has 150 valence electrons. The first-order valence-electron chi connectivity index (χ1n) is 9.28. The van der Waals surface area contributed by atoms with E-state index in [1.807, 2.05) is 12.1 Å². The molecule has 2 rings (SSSR count). The highest BCUT2D eigenvalue weighted by molar-refractivity contribution is 5.90. The molecule has 2 amide bonds. The van der Waals surface area contributed by atoms with Crippen molar-refractivity contribution in [1.29, 1.82) is 0 Å². The summed E-state index contributed by atoms with van der Waals surface area (Å²) in [6.07, 6.45) is 0.979. The number of hydrogen-bond donors (Lipinski definition) is 2. The Morgan fingerprint density at radius 3 is 2.07 bits per heavy atom. The highest BCUT2D eigenvalue weighted by Crippen LogP contribution is 2.24. The Bertz CT molecular complexity index is 778. The first kappa shape index (κ1) is 21.3. The van der Waals surface area contributed by atoms with Crippen molar-refractivity contribution in [2.75, 3.05) is 18.5 Å². The summed E-state index contributed by atoms with van der Waals surface area (Å²) in [5.41, 5.74) is 7.05. The van der Waals surface area contributed by atoms with Gasteiger partial charge in [-0.25, -0.2) is 0 Å². The summed E-state index contributed by atoms with van der Waals surface area (Å²) in [5.74, 6) is 0.699. The average Bonchev–Trinajstić information content (AvgIpc) is 2.64. The Morgan fingerprint density at radius 1 is 0.929 bits per heavy atom. The standard InChI is InChI=1S/C22H28N2O4/c1-22(2,3)16-6-10-18(11-7-16)27-14-4-5-21(26)24-17-8-12-19(13-9-17)28-15-20(23)25/h6-13H,4-5,14-15H2,1-3H3,(H2,23,25)(H,24,26). The molecule has 3 N–H and O–H groups in total. The maximum Gasteiger partial charge on any atom is 0.255 e. The van der Waals surface area contributed by atoms with Crippen LogP contribution in [0.5, 0.6) is 11.5 Å². The van der Waals surface area contributed by atoms with Crippen LogP contribution in [0.2, 0.25) is 0 Å². The summed E-state index contributed by atoms with van der Waals surface area (Å²) in [4.78, 5) is 22.7. The van der Waals surface area contributed by atoms with Gasteiger partial charge in [0.05, 0.1) is 6.61 Å². The van der Waals surface area contributed by atoms with Crippen molar-refractivity contribution in [1.82, 2.24) is 0 Å². The van der Waals surface area contributed by atoms with E-state index in [1.54, 1.807) is 24.3 Å². The van der Waals surface area contributed by atoms with Gasteiger partial charge in [-0.15, -0.1) is 0 Å². The van der Waals surface area contributed by atoms with Crippen molar-refractivity contribution in [2.45, 2.75) is 39.0 Å². The molecule has 6 heteroatoms. The Kier molecular flexibility index (Phi) is 7.44. The van der Waals surface area contributed by atoms with Crippen LogP contribution in [0.1, 0.15) is 39.2 Å². The molecule has 0 aliphatic carbocycles. The summed E-state index contributed by atoms with van der Waals surface area (Å²) >= 11 is 0. The number of hydrogen-bond acceptors (Lipinski definition) is 4. The van der Waals surface area contributed by atoms with E-state index in [0.29, 0.717) is 30.9 Å². The third-order valence-corrected chi connectivity index (χ3v) is 4.06. The topological polar surface area (TPSA) is 90.7 Å². The largest absolute Gasteiger partial charge is 0.494 e. The summed E-state index contributed by atoms with van der Waals surface area (Å²) in [6.45, 7) is 6.81. The lowest BCUT2D eigenvalue weighted by atomic mass is 9.87. The minimum atomic E-state index is -0.537. The number of nitrogens with two attached hydrogens (primary N) is 1.